The van der Waals surface area contributed by atoms with Gasteiger partial charge in [-0.05, 0) is 6.92 Å². The molecule has 4 heteroatoms. The molecule has 54 valence electrons. The van der Waals surface area contributed by atoms with Crippen LogP contribution < -0.4 is 0 Å². The second-order valence-electron chi connectivity index (χ2n) is 1.15. The van der Waals surface area contributed by atoms with Crippen LogP contribution in [0.25, 0.3) is 0 Å². The third-order valence-electron chi connectivity index (χ3n) is 0.398. The van der Waals surface area contributed by atoms with Gasteiger partial charge in [0.2, 0.25) is 0 Å². The highest BCUT2D eigenvalue weighted by Gasteiger charge is 1.81. The molecule has 0 amide bonds. The van der Waals surface area contributed by atoms with Crippen molar-refractivity contribution in [2.24, 2.45) is 0 Å². The first kappa shape index (κ1) is 11.3. The van der Waals surface area contributed by atoms with Gasteiger partial charge in [0.1, 0.15) is 0 Å². The van der Waals surface area contributed by atoms with E-state index in [1.807, 2.05) is 0 Å². The summed E-state index contributed by atoms with van der Waals surface area (Å²) in [6, 6.07) is 2.47. The van der Waals surface area contributed by atoms with Gasteiger partial charge in [-0.15, -0.1) is 0 Å². The third kappa shape index (κ3) is 31.9. The van der Waals surface area contributed by atoms with E-state index in [-0.39, 0.29) is 5.97 Å². The van der Waals surface area contributed by atoms with Gasteiger partial charge >= 0.3 is 5.97 Å². The second kappa shape index (κ2) is 10.4. The molecule has 0 saturated heterocycles. The molecular formula is C6H8N2O2. The Labute approximate surface area is 59.6 Å². The predicted molar refractivity (Wildman–Crippen MR) is 33.5 cm³/mol. The van der Waals surface area contributed by atoms with Crippen LogP contribution in [0.1, 0.15) is 13.8 Å². The molecular weight excluding hydrogens is 132 g/mol. The summed E-state index contributed by atoms with van der Waals surface area (Å²) in [7, 11) is 0. The zero-order valence-corrected chi connectivity index (χ0v) is 5.92. The number of carbonyl (C=O) groups excluding carboxylic acids is 1. The van der Waals surface area contributed by atoms with Crippen molar-refractivity contribution >= 4 is 5.97 Å². The Balaban J connectivity index is 0. The number of carbonyl (C=O) groups is 1. The fourth-order valence-corrected chi connectivity index (χ4v) is 0.203. The minimum absolute atomic E-state index is 0.211. The molecule has 0 aromatic heterocycles. The number of hydrogen-bond acceptors (Lipinski definition) is 4. The van der Waals surface area contributed by atoms with E-state index in [1.54, 1.807) is 6.92 Å². The summed E-state index contributed by atoms with van der Waals surface area (Å²) in [6.07, 6.45) is 0. The topological polar surface area (TPSA) is 73.9 Å². The van der Waals surface area contributed by atoms with E-state index in [2.05, 4.69) is 4.74 Å². The first-order chi connectivity index (χ1) is 4.68. The van der Waals surface area contributed by atoms with Crippen molar-refractivity contribution in [3.8, 4) is 12.1 Å². The van der Waals surface area contributed by atoms with Crippen molar-refractivity contribution in [3.05, 3.63) is 0 Å². The standard InChI is InChI=1S/C4H8O2.C2N2/c1-3-6-4(2)5;3-1-2-4/h3H2,1-2H3;. The van der Waals surface area contributed by atoms with Gasteiger partial charge in [-0.2, -0.15) is 10.5 Å². The van der Waals surface area contributed by atoms with Gasteiger partial charge in [-0.3, -0.25) is 4.79 Å². The summed E-state index contributed by atoms with van der Waals surface area (Å²) in [6.45, 7) is 3.65. The van der Waals surface area contributed by atoms with Gasteiger partial charge in [0.15, 0.2) is 12.1 Å². The Morgan fingerprint density at radius 3 is 1.90 bits per heavy atom. The molecule has 0 saturated carbocycles. The average Bonchev–Trinajstić information content (AvgIpc) is 1.89. The van der Waals surface area contributed by atoms with Crippen LogP contribution in [0.3, 0.4) is 0 Å². The first-order valence-electron chi connectivity index (χ1n) is 2.60. The van der Waals surface area contributed by atoms with Gasteiger partial charge in [0.25, 0.3) is 0 Å². The van der Waals surface area contributed by atoms with E-state index in [0.717, 1.165) is 0 Å². The van der Waals surface area contributed by atoms with Crippen molar-refractivity contribution in [2.45, 2.75) is 13.8 Å². The molecule has 0 heterocycles. The Bertz CT molecular complexity index is 152. The quantitative estimate of drug-likeness (QED) is 0.500. The highest BCUT2D eigenvalue weighted by molar-refractivity contribution is 5.65. The van der Waals surface area contributed by atoms with Crippen molar-refractivity contribution in [2.75, 3.05) is 6.61 Å². The number of hydrogen-bond donors (Lipinski definition) is 0. The zero-order chi connectivity index (χ0) is 8.41. The summed E-state index contributed by atoms with van der Waals surface area (Å²) >= 11 is 0. The van der Waals surface area contributed by atoms with Crippen molar-refractivity contribution < 1.29 is 9.53 Å². The van der Waals surface area contributed by atoms with Crippen molar-refractivity contribution in [3.63, 3.8) is 0 Å². The van der Waals surface area contributed by atoms with E-state index in [0.29, 0.717) is 6.61 Å². The lowest BCUT2D eigenvalue weighted by Gasteiger charge is -1.89. The Hall–Kier alpha value is -1.55. The van der Waals surface area contributed by atoms with Crippen LogP contribution in [-0.4, -0.2) is 12.6 Å². The molecule has 10 heavy (non-hydrogen) atoms. The maximum absolute atomic E-state index is 9.82. The zero-order valence-electron chi connectivity index (χ0n) is 5.92. The summed E-state index contributed by atoms with van der Waals surface area (Å²) in [5.74, 6) is -0.211. The van der Waals surface area contributed by atoms with E-state index >= 15 is 0 Å². The fraction of sp³-hybridized carbons (Fsp3) is 0.500. The van der Waals surface area contributed by atoms with Crippen LogP contribution in [0, 0.1) is 22.7 Å². The van der Waals surface area contributed by atoms with Gasteiger partial charge in [-0.25, -0.2) is 0 Å². The van der Waals surface area contributed by atoms with Gasteiger partial charge in [-0.1, -0.05) is 0 Å². The summed E-state index contributed by atoms with van der Waals surface area (Å²) < 4.78 is 4.40. The maximum Gasteiger partial charge on any atom is 0.302 e. The van der Waals surface area contributed by atoms with Crippen molar-refractivity contribution in [1.29, 1.82) is 10.5 Å². The highest BCUT2D eigenvalue weighted by atomic mass is 16.5. The molecule has 0 bridgehead atoms. The molecule has 4 nitrogen and oxygen atoms in total. The van der Waals surface area contributed by atoms with E-state index in [4.69, 9.17) is 10.5 Å². The number of nitriles is 2. The van der Waals surface area contributed by atoms with Crippen LogP contribution in [0.4, 0.5) is 0 Å². The molecule has 0 aliphatic carbocycles. The average molecular weight is 140 g/mol. The maximum atomic E-state index is 9.82. The molecule has 0 aliphatic rings. The normalized spacial score (nSPS) is 5.60. The molecule has 0 aromatic carbocycles. The lowest BCUT2D eigenvalue weighted by Crippen LogP contribution is -1.95. The molecule has 0 aliphatic heterocycles. The molecule has 0 unspecified atom stereocenters. The summed E-state index contributed by atoms with van der Waals surface area (Å²) in [4.78, 5) is 9.82. The van der Waals surface area contributed by atoms with Crippen LogP contribution in [0.15, 0.2) is 0 Å². The van der Waals surface area contributed by atoms with Crippen LogP contribution >= 0.6 is 0 Å². The minimum Gasteiger partial charge on any atom is -0.466 e. The van der Waals surface area contributed by atoms with E-state index in [1.165, 1.54) is 19.1 Å². The molecule has 0 aromatic rings. The van der Waals surface area contributed by atoms with E-state index < -0.39 is 0 Å². The van der Waals surface area contributed by atoms with E-state index in [9.17, 15) is 4.79 Å². The monoisotopic (exact) mass is 140 g/mol. The first-order valence-corrected chi connectivity index (χ1v) is 2.60. The number of rotatable bonds is 1. The SMILES string of the molecule is CCOC(C)=O.N#CC#N. The number of nitrogens with zero attached hydrogens (tertiary/aromatic N) is 2. The molecule has 0 spiro atoms. The smallest absolute Gasteiger partial charge is 0.302 e. The van der Waals surface area contributed by atoms with Gasteiger partial charge in [0.05, 0.1) is 6.61 Å². The van der Waals surface area contributed by atoms with Crippen LogP contribution in [0.5, 0.6) is 0 Å². The molecule has 0 fully saturated rings. The molecule has 0 N–H and O–H groups in total. The molecule has 0 radical (unpaired) electrons. The molecule has 0 atom stereocenters. The Morgan fingerprint density at radius 2 is 1.90 bits per heavy atom. The molecule has 0 rings (SSSR count). The third-order valence-corrected chi connectivity index (χ3v) is 0.398. The van der Waals surface area contributed by atoms with Crippen molar-refractivity contribution in [1.82, 2.24) is 0 Å². The largest absolute Gasteiger partial charge is 0.466 e. The van der Waals surface area contributed by atoms with Crippen LogP contribution in [-0.2, 0) is 9.53 Å². The summed E-state index contributed by atoms with van der Waals surface area (Å²) in [5.41, 5.74) is 0. The highest BCUT2D eigenvalue weighted by Crippen LogP contribution is 1.69. The lowest BCUT2D eigenvalue weighted by molar-refractivity contribution is -0.140. The Morgan fingerprint density at radius 1 is 1.50 bits per heavy atom. The second-order valence-corrected chi connectivity index (χ2v) is 1.15. The fourth-order valence-electron chi connectivity index (χ4n) is 0.203. The van der Waals surface area contributed by atoms with Crippen LogP contribution in [0.2, 0.25) is 0 Å². The number of esters is 1. The predicted octanol–water partition coefficient (Wildman–Crippen LogP) is 0.603. The number of ether oxygens (including phenoxy) is 1. The lowest BCUT2D eigenvalue weighted by atomic mass is 10.8. The van der Waals surface area contributed by atoms with Gasteiger partial charge < -0.3 is 4.74 Å². The minimum atomic E-state index is -0.211. The summed E-state index contributed by atoms with van der Waals surface area (Å²) in [5, 5.41) is 14.5. The Kier molecular flexibility index (Phi) is 11.8. The van der Waals surface area contributed by atoms with Gasteiger partial charge in [0, 0.05) is 6.92 Å².